The molecule has 0 aliphatic heterocycles. The molecule has 0 aliphatic rings. The normalized spacial score (nSPS) is 11.8. The second kappa shape index (κ2) is 15.8. The first-order chi connectivity index (χ1) is 18.4. The molecule has 0 saturated heterocycles. The van der Waals surface area contributed by atoms with Crippen molar-refractivity contribution in [2.24, 2.45) is 0 Å². The molecule has 0 N–H and O–H groups in total. The summed E-state index contributed by atoms with van der Waals surface area (Å²) in [4.78, 5) is 2.76. The van der Waals surface area contributed by atoms with Gasteiger partial charge in [-0.05, 0) is 60.4 Å². The van der Waals surface area contributed by atoms with Crippen molar-refractivity contribution in [2.75, 3.05) is 38.2 Å². The molecule has 3 aromatic carbocycles. The predicted molar refractivity (Wildman–Crippen MR) is 173 cm³/mol. The fourth-order valence-corrected chi connectivity index (χ4v) is 5.19. The van der Waals surface area contributed by atoms with Crippen molar-refractivity contribution < 1.29 is 9.47 Å². The van der Waals surface area contributed by atoms with Crippen molar-refractivity contribution >= 4 is 46.1 Å². The average molecular weight is 549 g/mol. The lowest BCUT2D eigenvalue weighted by atomic mass is 10.1. The summed E-state index contributed by atoms with van der Waals surface area (Å²) in [5.74, 6) is 1.79. The van der Waals surface area contributed by atoms with Crippen molar-refractivity contribution in [3.8, 4) is 11.5 Å². The van der Waals surface area contributed by atoms with E-state index in [1.165, 1.54) is 20.9 Å². The predicted octanol–water partition coefficient (Wildman–Crippen LogP) is 8.86. The largest absolute Gasteiger partial charge is 0.493 e. The molecule has 0 aliphatic carbocycles. The number of hydrogen-bond donors (Lipinski definition) is 0. The summed E-state index contributed by atoms with van der Waals surface area (Å²) in [6.07, 6.45) is 21.9. The van der Waals surface area contributed by atoms with Gasteiger partial charge in [0.15, 0.2) is 9.79 Å². The highest BCUT2D eigenvalue weighted by Gasteiger charge is 2.11. The number of rotatable bonds is 14. The monoisotopic (exact) mass is 548 g/mol. The lowest BCUT2D eigenvalue weighted by Gasteiger charge is -2.15. The summed E-state index contributed by atoms with van der Waals surface area (Å²) in [6, 6.07) is 21.9. The van der Waals surface area contributed by atoms with E-state index < -0.39 is 0 Å². The Bertz CT molecular complexity index is 1080. The Morgan fingerprint density at radius 3 is 1.24 bits per heavy atom. The van der Waals surface area contributed by atoms with Crippen molar-refractivity contribution in [3.63, 3.8) is 0 Å². The third kappa shape index (κ3) is 9.32. The minimum absolute atomic E-state index is 0.268. The third-order valence-electron chi connectivity index (χ3n) is 6.27. The smallest absolute Gasteiger partial charge is 0.154 e. The van der Waals surface area contributed by atoms with Gasteiger partial charge in [0.25, 0.3) is 0 Å². The summed E-state index contributed by atoms with van der Waals surface area (Å²) < 4.78 is 12.6. The van der Waals surface area contributed by atoms with Crippen LogP contribution in [0.25, 0.3) is 24.3 Å². The Labute approximate surface area is 236 Å². The molecule has 0 unspecified atom stereocenters. The van der Waals surface area contributed by atoms with E-state index in [1.807, 2.05) is 0 Å². The highest BCUT2D eigenvalue weighted by molar-refractivity contribution is 7.95. The summed E-state index contributed by atoms with van der Waals surface area (Å²) in [5.41, 5.74) is 4.45. The molecule has 3 rings (SSSR count). The molecule has 0 atom stereocenters. The van der Waals surface area contributed by atoms with Crippen LogP contribution < -0.4 is 9.47 Å². The van der Waals surface area contributed by atoms with Gasteiger partial charge in [-0.25, -0.2) is 0 Å². The SMILES string of the molecule is CCCCOc1cc(C=Cc2ccc([S+](C)C)cc2)c(OCCCC)cc1C=Cc1ccc([S+](C)C)cc1. The van der Waals surface area contributed by atoms with Crippen molar-refractivity contribution in [2.45, 2.75) is 49.3 Å². The summed E-state index contributed by atoms with van der Waals surface area (Å²) in [7, 11) is 0.536. The summed E-state index contributed by atoms with van der Waals surface area (Å²) >= 11 is 0. The van der Waals surface area contributed by atoms with Gasteiger partial charge < -0.3 is 9.47 Å². The number of benzene rings is 3. The maximum Gasteiger partial charge on any atom is 0.154 e. The molecule has 0 radical (unpaired) electrons. The average Bonchev–Trinajstić information content (AvgIpc) is 2.92. The van der Waals surface area contributed by atoms with E-state index in [9.17, 15) is 0 Å². The van der Waals surface area contributed by atoms with E-state index in [0.717, 1.165) is 48.3 Å². The second-order valence-electron chi connectivity index (χ2n) is 9.77. The summed E-state index contributed by atoms with van der Waals surface area (Å²) in [6.45, 7) is 5.79. The third-order valence-corrected chi connectivity index (χ3v) is 8.70. The van der Waals surface area contributed by atoms with Crippen molar-refractivity contribution in [3.05, 3.63) is 82.9 Å². The highest BCUT2D eigenvalue weighted by Crippen LogP contribution is 2.33. The Hall–Kier alpha value is -2.56. The second-order valence-corrected chi connectivity index (χ2v) is 14.0. The molecule has 0 heterocycles. The number of ether oxygens (including phenoxy) is 2. The van der Waals surface area contributed by atoms with Crippen LogP contribution in [0.5, 0.6) is 11.5 Å². The standard InChI is InChI=1S/C34H44O2S2/c1-7-9-23-35-33-25-30(18-12-28-15-21-32(22-16-28)38(5)6)34(36-24-10-8-2)26-29(33)17-11-27-13-19-31(20-14-27)37(3)4/h11-22,25-26H,7-10,23-24H2,1-6H3/q+2. The van der Waals surface area contributed by atoms with Gasteiger partial charge in [-0.1, -0.05) is 75.3 Å². The Morgan fingerprint density at radius 1 is 0.553 bits per heavy atom. The molecular weight excluding hydrogens is 505 g/mol. The van der Waals surface area contributed by atoms with E-state index in [1.54, 1.807) is 0 Å². The molecule has 0 amide bonds. The maximum atomic E-state index is 6.29. The minimum Gasteiger partial charge on any atom is -0.493 e. The quantitative estimate of drug-likeness (QED) is 0.114. The first kappa shape index (κ1) is 30.0. The molecule has 0 aromatic heterocycles. The van der Waals surface area contributed by atoms with Crippen molar-refractivity contribution in [1.82, 2.24) is 0 Å². The van der Waals surface area contributed by atoms with Crippen LogP contribution in [-0.2, 0) is 21.8 Å². The van der Waals surface area contributed by atoms with Crippen LogP contribution in [0.2, 0.25) is 0 Å². The molecule has 0 bridgehead atoms. The zero-order valence-electron chi connectivity index (χ0n) is 24.0. The van der Waals surface area contributed by atoms with E-state index >= 15 is 0 Å². The first-order valence-electron chi connectivity index (χ1n) is 13.6. The fourth-order valence-electron chi connectivity index (χ4n) is 3.83. The van der Waals surface area contributed by atoms with Crippen LogP contribution >= 0.6 is 0 Å². The molecule has 38 heavy (non-hydrogen) atoms. The maximum absolute atomic E-state index is 6.29. The van der Waals surface area contributed by atoms with Crippen LogP contribution in [0.15, 0.2) is 70.5 Å². The first-order valence-corrected chi connectivity index (χ1v) is 17.6. The van der Waals surface area contributed by atoms with Crippen molar-refractivity contribution in [1.29, 1.82) is 0 Å². The fraction of sp³-hybridized carbons (Fsp3) is 0.353. The van der Waals surface area contributed by atoms with E-state index in [0.29, 0.717) is 13.2 Å². The zero-order chi connectivity index (χ0) is 27.3. The molecule has 0 fully saturated rings. The van der Waals surface area contributed by atoms with Gasteiger partial charge in [0.05, 0.1) is 13.2 Å². The number of hydrogen-bond acceptors (Lipinski definition) is 2. The molecule has 3 aromatic rings. The molecular formula is C34H44O2S2+2. The molecule has 2 nitrogen and oxygen atoms in total. The van der Waals surface area contributed by atoms with E-state index in [-0.39, 0.29) is 21.8 Å². The van der Waals surface area contributed by atoms with Crippen LogP contribution in [0.3, 0.4) is 0 Å². The van der Waals surface area contributed by atoms with Gasteiger partial charge in [-0.3, -0.25) is 0 Å². The van der Waals surface area contributed by atoms with E-state index in [4.69, 9.17) is 9.47 Å². The van der Waals surface area contributed by atoms with Gasteiger partial charge in [0.2, 0.25) is 0 Å². The van der Waals surface area contributed by atoms with E-state index in [2.05, 4.69) is 124 Å². The lowest BCUT2D eigenvalue weighted by molar-refractivity contribution is 0.300. The van der Waals surface area contributed by atoms with Gasteiger partial charge in [-0.15, -0.1) is 0 Å². The van der Waals surface area contributed by atoms with Crippen LogP contribution in [0.4, 0.5) is 0 Å². The Balaban J connectivity index is 1.95. The van der Waals surface area contributed by atoms with Crippen LogP contribution in [0, 0.1) is 0 Å². The van der Waals surface area contributed by atoms with Crippen LogP contribution in [-0.4, -0.2) is 38.2 Å². The Kier molecular flexibility index (Phi) is 12.4. The van der Waals surface area contributed by atoms with Gasteiger partial charge >= 0.3 is 0 Å². The zero-order valence-corrected chi connectivity index (χ0v) is 25.6. The topological polar surface area (TPSA) is 18.5 Å². The molecule has 4 heteroatoms. The lowest BCUT2D eigenvalue weighted by Crippen LogP contribution is -2.02. The Morgan fingerprint density at radius 2 is 0.921 bits per heavy atom. The summed E-state index contributed by atoms with van der Waals surface area (Å²) in [5, 5.41) is 0. The van der Waals surface area contributed by atoms with Gasteiger partial charge in [0.1, 0.15) is 36.5 Å². The number of unbranched alkanes of at least 4 members (excludes halogenated alkanes) is 2. The van der Waals surface area contributed by atoms with Gasteiger partial charge in [0, 0.05) is 32.9 Å². The molecule has 202 valence electrons. The van der Waals surface area contributed by atoms with Gasteiger partial charge in [-0.2, -0.15) is 0 Å². The minimum atomic E-state index is 0.268. The molecule has 0 spiro atoms. The highest BCUT2D eigenvalue weighted by atomic mass is 32.2. The molecule has 0 saturated carbocycles. The van der Waals surface area contributed by atoms with Crippen LogP contribution in [0.1, 0.15) is 61.8 Å².